The zero-order valence-electron chi connectivity index (χ0n) is 14.6. The van der Waals surface area contributed by atoms with Gasteiger partial charge in [-0.2, -0.15) is 5.10 Å². The number of aromatic amines is 1. The summed E-state index contributed by atoms with van der Waals surface area (Å²) in [4.78, 5) is 8.84. The van der Waals surface area contributed by atoms with Gasteiger partial charge in [0.05, 0.1) is 36.3 Å². The molecule has 0 saturated heterocycles. The number of aliphatic hydroxyl groups excluding tert-OH is 1. The third-order valence-electron chi connectivity index (χ3n) is 4.43. The number of nitrogens with zero attached hydrogens (tertiary/aromatic N) is 3. The number of anilines is 1. The van der Waals surface area contributed by atoms with Gasteiger partial charge in [0, 0.05) is 16.6 Å². The summed E-state index contributed by atoms with van der Waals surface area (Å²) >= 11 is 0. The molecule has 0 saturated carbocycles. The summed E-state index contributed by atoms with van der Waals surface area (Å²) in [5.41, 5.74) is 4.12. The molecule has 1 atom stereocenters. The predicted molar refractivity (Wildman–Crippen MR) is 102 cm³/mol. The highest BCUT2D eigenvalue weighted by atomic mass is 19.1. The monoisotopic (exact) mass is 363 g/mol. The topological polar surface area (TPSA) is 86.7 Å². The van der Waals surface area contributed by atoms with Crippen LogP contribution in [0.15, 0.2) is 54.9 Å². The summed E-state index contributed by atoms with van der Waals surface area (Å²) < 4.78 is 13.5. The molecule has 6 nitrogen and oxygen atoms in total. The number of fused-ring (bicyclic) bond motifs is 1. The number of H-pyrrole nitrogens is 1. The first-order valence-electron chi connectivity index (χ1n) is 8.54. The number of nitrogens with one attached hydrogen (secondary N) is 2. The van der Waals surface area contributed by atoms with Gasteiger partial charge in [-0.05, 0) is 36.8 Å². The fourth-order valence-corrected chi connectivity index (χ4v) is 3.01. The lowest BCUT2D eigenvalue weighted by molar-refractivity contribution is 0.276. The van der Waals surface area contributed by atoms with Crippen molar-refractivity contribution in [3.05, 3.63) is 71.9 Å². The lowest BCUT2D eigenvalue weighted by Gasteiger charge is -2.17. The Kier molecular flexibility index (Phi) is 4.52. The predicted octanol–water partition coefficient (Wildman–Crippen LogP) is 3.61. The minimum absolute atomic E-state index is 0.199. The molecule has 0 spiro atoms. The van der Waals surface area contributed by atoms with Gasteiger partial charge in [-0.15, -0.1) is 0 Å². The maximum absolute atomic E-state index is 13.5. The van der Waals surface area contributed by atoms with Crippen molar-refractivity contribution in [3.8, 4) is 11.3 Å². The molecule has 0 amide bonds. The Labute approximate surface area is 155 Å². The van der Waals surface area contributed by atoms with E-state index >= 15 is 0 Å². The summed E-state index contributed by atoms with van der Waals surface area (Å²) in [6, 6.07) is 11.5. The molecule has 136 valence electrons. The Bertz CT molecular complexity index is 1090. The summed E-state index contributed by atoms with van der Waals surface area (Å²) in [6.07, 6.45) is 3.25. The normalized spacial score (nSPS) is 12.3. The summed E-state index contributed by atoms with van der Waals surface area (Å²) in [5, 5.41) is 21.0. The average molecular weight is 363 g/mol. The standard InChI is InChI=1S/C20H18FN5O/c1-12-16-8-14(5-6-17(16)26-25-12)18-9-22-10-20(23-18)24-19(11-27)13-3-2-4-15(21)7-13/h2-10,19,27H,11H2,1H3,(H,23,24)(H,25,26)/t19-/m0/s1. The van der Waals surface area contributed by atoms with Crippen LogP contribution in [0.4, 0.5) is 10.2 Å². The van der Waals surface area contributed by atoms with Crippen molar-refractivity contribution in [2.45, 2.75) is 13.0 Å². The Morgan fingerprint density at radius 1 is 1.19 bits per heavy atom. The highest BCUT2D eigenvalue weighted by Crippen LogP contribution is 2.25. The van der Waals surface area contributed by atoms with Crippen molar-refractivity contribution in [1.82, 2.24) is 20.2 Å². The smallest absolute Gasteiger partial charge is 0.145 e. The van der Waals surface area contributed by atoms with Crippen LogP contribution in [0, 0.1) is 12.7 Å². The first kappa shape index (κ1) is 17.1. The van der Waals surface area contributed by atoms with Crippen LogP contribution in [0.1, 0.15) is 17.3 Å². The molecule has 0 radical (unpaired) electrons. The molecule has 4 rings (SSSR count). The van der Waals surface area contributed by atoms with Gasteiger partial charge in [0.15, 0.2) is 0 Å². The van der Waals surface area contributed by atoms with Crippen molar-refractivity contribution in [3.63, 3.8) is 0 Å². The molecule has 0 bridgehead atoms. The fourth-order valence-electron chi connectivity index (χ4n) is 3.01. The molecule has 0 aliphatic rings. The Balaban J connectivity index is 1.64. The molecular weight excluding hydrogens is 345 g/mol. The minimum Gasteiger partial charge on any atom is -0.394 e. The Morgan fingerprint density at radius 3 is 2.89 bits per heavy atom. The Morgan fingerprint density at radius 2 is 2.07 bits per heavy atom. The van der Waals surface area contributed by atoms with E-state index in [0.29, 0.717) is 17.1 Å². The number of hydrogen-bond donors (Lipinski definition) is 3. The Hall–Kier alpha value is -3.32. The third-order valence-corrected chi connectivity index (χ3v) is 4.43. The van der Waals surface area contributed by atoms with Crippen LogP contribution < -0.4 is 5.32 Å². The number of aromatic nitrogens is 4. The van der Waals surface area contributed by atoms with Gasteiger partial charge in [-0.3, -0.25) is 10.1 Å². The molecule has 3 N–H and O–H groups in total. The van der Waals surface area contributed by atoms with E-state index in [4.69, 9.17) is 0 Å². The average Bonchev–Trinajstić information content (AvgIpc) is 3.07. The molecular formula is C20H18FN5O. The van der Waals surface area contributed by atoms with E-state index in [0.717, 1.165) is 22.2 Å². The zero-order valence-corrected chi connectivity index (χ0v) is 14.6. The van der Waals surface area contributed by atoms with Crippen LogP contribution in [-0.4, -0.2) is 31.9 Å². The van der Waals surface area contributed by atoms with Crippen molar-refractivity contribution in [2.24, 2.45) is 0 Å². The molecule has 0 unspecified atom stereocenters. The molecule has 2 aromatic heterocycles. The molecule has 0 aliphatic heterocycles. The quantitative estimate of drug-likeness (QED) is 0.504. The van der Waals surface area contributed by atoms with Crippen LogP contribution in [-0.2, 0) is 0 Å². The van der Waals surface area contributed by atoms with E-state index in [9.17, 15) is 9.50 Å². The SMILES string of the molecule is Cc1[nH]nc2ccc(-c3cncc(N[C@@H](CO)c4cccc(F)c4)n3)cc12. The molecule has 27 heavy (non-hydrogen) atoms. The van der Waals surface area contributed by atoms with E-state index in [2.05, 4.69) is 25.5 Å². The van der Waals surface area contributed by atoms with Crippen LogP contribution in [0.25, 0.3) is 22.2 Å². The number of aryl methyl sites for hydroxylation is 1. The van der Waals surface area contributed by atoms with Crippen molar-refractivity contribution < 1.29 is 9.50 Å². The van der Waals surface area contributed by atoms with Crippen LogP contribution >= 0.6 is 0 Å². The van der Waals surface area contributed by atoms with E-state index in [1.54, 1.807) is 24.5 Å². The first-order chi connectivity index (χ1) is 13.1. The molecule has 0 aliphatic carbocycles. The van der Waals surface area contributed by atoms with Gasteiger partial charge in [-0.25, -0.2) is 9.37 Å². The molecule has 4 aromatic rings. The van der Waals surface area contributed by atoms with Crippen LogP contribution in [0.2, 0.25) is 0 Å². The number of hydrogen-bond acceptors (Lipinski definition) is 5. The van der Waals surface area contributed by atoms with E-state index in [1.165, 1.54) is 12.1 Å². The number of halogens is 1. The lowest BCUT2D eigenvalue weighted by Crippen LogP contribution is -2.16. The van der Waals surface area contributed by atoms with Crippen LogP contribution in [0.3, 0.4) is 0 Å². The number of aliphatic hydroxyl groups is 1. The minimum atomic E-state index is -0.483. The highest BCUT2D eigenvalue weighted by Gasteiger charge is 2.13. The summed E-state index contributed by atoms with van der Waals surface area (Å²) in [5.74, 6) is 0.149. The van der Waals surface area contributed by atoms with E-state index in [-0.39, 0.29) is 12.4 Å². The van der Waals surface area contributed by atoms with Crippen molar-refractivity contribution in [1.29, 1.82) is 0 Å². The lowest BCUT2D eigenvalue weighted by atomic mass is 10.1. The second kappa shape index (κ2) is 7.13. The maximum atomic E-state index is 13.5. The highest BCUT2D eigenvalue weighted by molar-refractivity contribution is 5.85. The van der Waals surface area contributed by atoms with E-state index < -0.39 is 6.04 Å². The largest absolute Gasteiger partial charge is 0.394 e. The van der Waals surface area contributed by atoms with Crippen LogP contribution in [0.5, 0.6) is 0 Å². The third kappa shape index (κ3) is 3.50. The second-order valence-electron chi connectivity index (χ2n) is 6.30. The van der Waals surface area contributed by atoms with Gasteiger partial charge in [0.2, 0.25) is 0 Å². The summed E-state index contributed by atoms with van der Waals surface area (Å²) in [6.45, 7) is 1.77. The molecule has 2 heterocycles. The number of benzene rings is 2. The molecule has 2 aromatic carbocycles. The van der Waals surface area contributed by atoms with Gasteiger partial charge >= 0.3 is 0 Å². The van der Waals surface area contributed by atoms with Crippen molar-refractivity contribution in [2.75, 3.05) is 11.9 Å². The first-order valence-corrected chi connectivity index (χ1v) is 8.54. The van der Waals surface area contributed by atoms with E-state index in [1.807, 2.05) is 25.1 Å². The van der Waals surface area contributed by atoms with Crippen molar-refractivity contribution >= 4 is 16.7 Å². The van der Waals surface area contributed by atoms with Gasteiger partial charge < -0.3 is 10.4 Å². The molecule has 0 fully saturated rings. The van der Waals surface area contributed by atoms with Gasteiger partial charge in [0.25, 0.3) is 0 Å². The number of rotatable bonds is 5. The zero-order chi connectivity index (χ0) is 18.8. The second-order valence-corrected chi connectivity index (χ2v) is 6.30. The van der Waals surface area contributed by atoms with Gasteiger partial charge in [0.1, 0.15) is 11.6 Å². The summed E-state index contributed by atoms with van der Waals surface area (Å²) in [7, 11) is 0. The fraction of sp³-hybridized carbons (Fsp3) is 0.150. The van der Waals surface area contributed by atoms with Gasteiger partial charge in [-0.1, -0.05) is 18.2 Å². The molecule has 7 heteroatoms. The maximum Gasteiger partial charge on any atom is 0.145 e.